The lowest BCUT2D eigenvalue weighted by Gasteiger charge is -2.24. The molecule has 0 fully saturated rings. The Morgan fingerprint density at radius 3 is 2.60 bits per heavy atom. The molecule has 0 bridgehead atoms. The van der Waals surface area contributed by atoms with E-state index in [9.17, 15) is 0 Å². The van der Waals surface area contributed by atoms with Gasteiger partial charge in [0.25, 0.3) is 0 Å². The van der Waals surface area contributed by atoms with E-state index in [4.69, 9.17) is 17.4 Å². The summed E-state index contributed by atoms with van der Waals surface area (Å²) in [5.74, 6) is 6.12. The van der Waals surface area contributed by atoms with Gasteiger partial charge in [0, 0.05) is 12.2 Å². The molecule has 1 aromatic heterocycles. The van der Waals surface area contributed by atoms with Crippen molar-refractivity contribution >= 4 is 11.6 Å². The Balaban J connectivity index is 2.90. The highest BCUT2D eigenvalue weighted by atomic mass is 35.5. The van der Waals surface area contributed by atoms with Crippen molar-refractivity contribution in [2.45, 2.75) is 32.7 Å². The lowest BCUT2D eigenvalue weighted by Crippen LogP contribution is -2.33. The molecule has 3 N–H and O–H groups in total. The van der Waals surface area contributed by atoms with E-state index in [1.807, 2.05) is 12.1 Å². The molecule has 1 atom stereocenters. The van der Waals surface area contributed by atoms with E-state index in [2.05, 4.69) is 24.3 Å². The van der Waals surface area contributed by atoms with Gasteiger partial charge in [-0.05, 0) is 23.6 Å². The zero-order chi connectivity index (χ0) is 11.3. The molecule has 1 heterocycles. The second-order valence-electron chi connectivity index (χ2n) is 3.63. The molecule has 0 aliphatic rings. The lowest BCUT2D eigenvalue weighted by atomic mass is 9.90. The Kier molecular flexibility index (Phi) is 5.02. The molecule has 15 heavy (non-hydrogen) atoms. The van der Waals surface area contributed by atoms with Crippen molar-refractivity contribution in [3.63, 3.8) is 0 Å². The van der Waals surface area contributed by atoms with E-state index < -0.39 is 0 Å². The number of hydrogen-bond acceptors (Lipinski definition) is 3. The summed E-state index contributed by atoms with van der Waals surface area (Å²) < 4.78 is 0. The topological polar surface area (TPSA) is 50.9 Å². The smallest absolute Gasteiger partial charge is 0.129 e. The van der Waals surface area contributed by atoms with Gasteiger partial charge >= 0.3 is 0 Å². The second kappa shape index (κ2) is 6.05. The average molecular weight is 228 g/mol. The highest BCUT2D eigenvalue weighted by Crippen LogP contribution is 2.27. The van der Waals surface area contributed by atoms with Crippen LogP contribution in [0.25, 0.3) is 0 Å². The van der Waals surface area contributed by atoms with Crippen molar-refractivity contribution in [1.29, 1.82) is 0 Å². The molecule has 0 amide bonds. The summed E-state index contributed by atoms with van der Waals surface area (Å²) in [5, 5.41) is 0.513. The summed E-state index contributed by atoms with van der Waals surface area (Å²) in [5.41, 5.74) is 3.96. The zero-order valence-corrected chi connectivity index (χ0v) is 9.96. The normalized spacial score (nSPS) is 13.1. The van der Waals surface area contributed by atoms with Gasteiger partial charge in [-0.3, -0.25) is 11.3 Å². The maximum atomic E-state index is 5.86. The van der Waals surface area contributed by atoms with Crippen molar-refractivity contribution in [1.82, 2.24) is 10.4 Å². The largest absolute Gasteiger partial charge is 0.271 e. The Hall–Kier alpha value is -0.640. The van der Waals surface area contributed by atoms with Crippen LogP contribution in [0.3, 0.4) is 0 Å². The van der Waals surface area contributed by atoms with Crippen LogP contribution in [0.15, 0.2) is 18.3 Å². The number of hydrogen-bond donors (Lipinski definition) is 2. The van der Waals surface area contributed by atoms with Gasteiger partial charge in [-0.15, -0.1) is 0 Å². The second-order valence-corrected chi connectivity index (χ2v) is 4.02. The molecular weight excluding hydrogens is 210 g/mol. The molecular formula is C11H18ClN3. The number of halogens is 1. The standard InChI is InChI=1S/C11H18ClN3/c1-3-8(4-2)11(15-13)9-5-6-14-10(12)7-9/h5-8,11,15H,3-4,13H2,1-2H3. The van der Waals surface area contributed by atoms with Crippen LogP contribution >= 0.6 is 11.6 Å². The van der Waals surface area contributed by atoms with E-state index in [1.165, 1.54) is 0 Å². The highest BCUT2D eigenvalue weighted by molar-refractivity contribution is 6.29. The van der Waals surface area contributed by atoms with Crippen LogP contribution in [0, 0.1) is 5.92 Å². The minimum Gasteiger partial charge on any atom is -0.271 e. The SMILES string of the molecule is CCC(CC)C(NN)c1ccnc(Cl)c1. The van der Waals surface area contributed by atoms with Gasteiger partial charge in [-0.1, -0.05) is 38.3 Å². The third kappa shape index (κ3) is 3.16. The molecule has 3 nitrogen and oxygen atoms in total. The number of nitrogens with two attached hydrogens (primary N) is 1. The minimum atomic E-state index is 0.153. The van der Waals surface area contributed by atoms with E-state index in [0.717, 1.165) is 18.4 Å². The molecule has 1 unspecified atom stereocenters. The molecule has 0 aromatic carbocycles. The first-order chi connectivity index (χ1) is 7.22. The number of hydrazine groups is 1. The number of aromatic nitrogens is 1. The Bertz CT molecular complexity index is 300. The van der Waals surface area contributed by atoms with Crippen LogP contribution < -0.4 is 11.3 Å². The molecule has 0 saturated heterocycles. The van der Waals surface area contributed by atoms with Gasteiger partial charge in [-0.2, -0.15) is 0 Å². The van der Waals surface area contributed by atoms with Crippen molar-refractivity contribution in [3.8, 4) is 0 Å². The van der Waals surface area contributed by atoms with E-state index >= 15 is 0 Å². The van der Waals surface area contributed by atoms with Crippen molar-refractivity contribution < 1.29 is 0 Å². The first-order valence-corrected chi connectivity index (χ1v) is 5.68. The van der Waals surface area contributed by atoms with Gasteiger partial charge < -0.3 is 0 Å². The maximum Gasteiger partial charge on any atom is 0.129 e. The minimum absolute atomic E-state index is 0.153. The Morgan fingerprint density at radius 1 is 1.47 bits per heavy atom. The summed E-state index contributed by atoms with van der Waals surface area (Å²) in [6, 6.07) is 3.97. The molecule has 1 aromatic rings. The van der Waals surface area contributed by atoms with Gasteiger partial charge in [0.05, 0.1) is 0 Å². The Labute approximate surface area is 96.0 Å². The zero-order valence-electron chi connectivity index (χ0n) is 9.20. The van der Waals surface area contributed by atoms with Gasteiger partial charge in [0.2, 0.25) is 0 Å². The highest BCUT2D eigenvalue weighted by Gasteiger charge is 2.19. The van der Waals surface area contributed by atoms with Gasteiger partial charge in [0.15, 0.2) is 0 Å². The molecule has 84 valence electrons. The molecule has 0 aliphatic carbocycles. The summed E-state index contributed by atoms with van der Waals surface area (Å²) in [7, 11) is 0. The fourth-order valence-electron chi connectivity index (χ4n) is 1.88. The molecule has 4 heteroatoms. The lowest BCUT2D eigenvalue weighted by molar-refractivity contribution is 0.345. The van der Waals surface area contributed by atoms with Crippen molar-refractivity contribution in [2.24, 2.45) is 11.8 Å². The monoisotopic (exact) mass is 227 g/mol. The third-order valence-corrected chi connectivity index (χ3v) is 3.02. The predicted octanol–water partition coefficient (Wildman–Crippen LogP) is 2.68. The summed E-state index contributed by atoms with van der Waals surface area (Å²) in [6.45, 7) is 4.34. The van der Waals surface area contributed by atoms with Crippen LogP contribution in [0.2, 0.25) is 5.15 Å². The quantitative estimate of drug-likeness (QED) is 0.462. The van der Waals surface area contributed by atoms with Gasteiger partial charge in [-0.25, -0.2) is 4.98 Å². The van der Waals surface area contributed by atoms with Crippen LogP contribution in [0.5, 0.6) is 0 Å². The predicted molar refractivity (Wildman–Crippen MR) is 63.4 cm³/mol. The van der Waals surface area contributed by atoms with Gasteiger partial charge in [0.1, 0.15) is 5.15 Å². The molecule has 0 radical (unpaired) electrons. The third-order valence-electron chi connectivity index (χ3n) is 2.81. The average Bonchev–Trinajstić information content (AvgIpc) is 2.25. The number of nitrogens with one attached hydrogen (secondary N) is 1. The fourth-order valence-corrected chi connectivity index (χ4v) is 2.06. The summed E-state index contributed by atoms with van der Waals surface area (Å²) in [4.78, 5) is 3.96. The molecule has 1 rings (SSSR count). The van der Waals surface area contributed by atoms with Crippen LogP contribution in [-0.2, 0) is 0 Å². The van der Waals surface area contributed by atoms with E-state index in [0.29, 0.717) is 11.1 Å². The number of nitrogens with zero attached hydrogens (tertiary/aromatic N) is 1. The molecule has 0 spiro atoms. The summed E-state index contributed by atoms with van der Waals surface area (Å²) in [6.07, 6.45) is 3.89. The molecule has 0 saturated carbocycles. The number of rotatable bonds is 5. The van der Waals surface area contributed by atoms with Crippen molar-refractivity contribution in [2.75, 3.05) is 0 Å². The van der Waals surface area contributed by atoms with Crippen LogP contribution in [0.1, 0.15) is 38.3 Å². The fraction of sp³-hybridized carbons (Fsp3) is 0.545. The summed E-state index contributed by atoms with van der Waals surface area (Å²) >= 11 is 5.86. The first kappa shape index (κ1) is 12.4. The van der Waals surface area contributed by atoms with E-state index in [1.54, 1.807) is 6.20 Å². The van der Waals surface area contributed by atoms with Crippen molar-refractivity contribution in [3.05, 3.63) is 29.0 Å². The molecule has 0 aliphatic heterocycles. The maximum absolute atomic E-state index is 5.86. The Morgan fingerprint density at radius 2 is 2.13 bits per heavy atom. The van der Waals surface area contributed by atoms with E-state index in [-0.39, 0.29) is 6.04 Å². The van der Waals surface area contributed by atoms with Crippen LogP contribution in [0.4, 0.5) is 0 Å². The first-order valence-electron chi connectivity index (χ1n) is 5.30. The van der Waals surface area contributed by atoms with Crippen LogP contribution in [-0.4, -0.2) is 4.98 Å². The number of pyridine rings is 1.